The molecular formula is C21H26O7. The SMILES string of the molecule is C=C(C#CC=C(C)C)[C@H](O)C[C@H](OC(C)=O)C(=C\OC(C)=O)/C=C/OC(C)=O. The van der Waals surface area contributed by atoms with Crippen molar-refractivity contribution in [3.8, 4) is 11.8 Å². The molecule has 0 rings (SSSR count). The Bertz CT molecular complexity index is 740. The molecule has 7 nitrogen and oxygen atoms in total. The Morgan fingerprint density at radius 3 is 2.14 bits per heavy atom. The van der Waals surface area contributed by atoms with Crippen LogP contribution in [0.1, 0.15) is 41.0 Å². The predicted octanol–water partition coefficient (Wildman–Crippen LogP) is 2.72. The summed E-state index contributed by atoms with van der Waals surface area (Å²) in [5.74, 6) is 3.70. The first-order chi connectivity index (χ1) is 13.0. The van der Waals surface area contributed by atoms with Crippen molar-refractivity contribution in [2.75, 3.05) is 0 Å². The summed E-state index contributed by atoms with van der Waals surface area (Å²) in [5.41, 5.74) is 1.41. The molecule has 0 spiro atoms. The first kappa shape index (κ1) is 24.9. The quantitative estimate of drug-likeness (QED) is 0.224. The van der Waals surface area contributed by atoms with Gasteiger partial charge in [0, 0.05) is 38.3 Å². The lowest BCUT2D eigenvalue weighted by Gasteiger charge is -2.21. The van der Waals surface area contributed by atoms with E-state index in [1.165, 1.54) is 26.8 Å². The third kappa shape index (κ3) is 12.3. The molecule has 1 N–H and O–H groups in total. The van der Waals surface area contributed by atoms with Crippen LogP contribution in [0.25, 0.3) is 0 Å². The lowest BCUT2D eigenvalue weighted by molar-refractivity contribution is -0.145. The van der Waals surface area contributed by atoms with Crippen molar-refractivity contribution in [1.29, 1.82) is 0 Å². The summed E-state index contributed by atoms with van der Waals surface area (Å²) in [6, 6.07) is 0. The molecule has 2 atom stereocenters. The van der Waals surface area contributed by atoms with Crippen LogP contribution >= 0.6 is 0 Å². The summed E-state index contributed by atoms with van der Waals surface area (Å²) < 4.78 is 14.8. The highest BCUT2D eigenvalue weighted by Crippen LogP contribution is 2.19. The molecule has 0 saturated heterocycles. The van der Waals surface area contributed by atoms with E-state index in [9.17, 15) is 19.5 Å². The number of esters is 3. The van der Waals surface area contributed by atoms with Crippen molar-refractivity contribution in [1.82, 2.24) is 0 Å². The fourth-order valence-electron chi connectivity index (χ4n) is 1.74. The van der Waals surface area contributed by atoms with Crippen LogP contribution in [0.5, 0.6) is 0 Å². The van der Waals surface area contributed by atoms with Gasteiger partial charge in [0.1, 0.15) is 12.4 Å². The van der Waals surface area contributed by atoms with Crippen LogP contribution in [-0.2, 0) is 28.6 Å². The highest BCUT2D eigenvalue weighted by atomic mass is 16.5. The average molecular weight is 390 g/mol. The molecule has 0 aromatic carbocycles. The second kappa shape index (κ2) is 13.1. The molecule has 0 fully saturated rings. The van der Waals surface area contributed by atoms with Crippen LogP contribution in [0.15, 0.2) is 48.0 Å². The smallest absolute Gasteiger partial charge is 0.307 e. The van der Waals surface area contributed by atoms with E-state index in [1.807, 2.05) is 13.8 Å². The van der Waals surface area contributed by atoms with Gasteiger partial charge in [-0.05, 0) is 26.0 Å². The largest absolute Gasteiger partial charge is 0.457 e. The van der Waals surface area contributed by atoms with Crippen LogP contribution in [-0.4, -0.2) is 35.2 Å². The zero-order valence-electron chi connectivity index (χ0n) is 16.8. The molecule has 0 aliphatic carbocycles. The maximum atomic E-state index is 11.5. The van der Waals surface area contributed by atoms with Crippen LogP contribution in [0.4, 0.5) is 0 Å². The zero-order chi connectivity index (χ0) is 21.7. The summed E-state index contributed by atoms with van der Waals surface area (Å²) in [4.78, 5) is 33.5. The predicted molar refractivity (Wildman–Crippen MR) is 103 cm³/mol. The minimum Gasteiger partial charge on any atom is -0.457 e. The fourth-order valence-corrected chi connectivity index (χ4v) is 1.74. The van der Waals surface area contributed by atoms with Crippen LogP contribution in [0, 0.1) is 11.8 Å². The lowest BCUT2D eigenvalue weighted by Crippen LogP contribution is -2.25. The normalized spacial score (nSPS) is 12.9. The van der Waals surface area contributed by atoms with Gasteiger partial charge in [-0.3, -0.25) is 14.4 Å². The maximum Gasteiger partial charge on any atom is 0.307 e. The third-order valence-electron chi connectivity index (χ3n) is 2.97. The highest BCUT2D eigenvalue weighted by molar-refractivity contribution is 5.68. The molecule has 0 radical (unpaired) electrons. The summed E-state index contributed by atoms with van der Waals surface area (Å²) in [7, 11) is 0. The van der Waals surface area contributed by atoms with Crippen molar-refractivity contribution >= 4 is 17.9 Å². The van der Waals surface area contributed by atoms with E-state index in [0.717, 1.165) is 18.1 Å². The highest BCUT2D eigenvalue weighted by Gasteiger charge is 2.22. The number of carbonyl (C=O) groups is 3. The Morgan fingerprint density at radius 1 is 1.04 bits per heavy atom. The van der Waals surface area contributed by atoms with Crippen LogP contribution in [0.3, 0.4) is 0 Å². The molecule has 0 aromatic heterocycles. The Balaban J connectivity index is 5.58. The number of carbonyl (C=O) groups excluding carboxylic acids is 3. The van der Waals surface area contributed by atoms with E-state index in [4.69, 9.17) is 14.2 Å². The molecule has 0 amide bonds. The molecule has 0 heterocycles. The molecule has 7 heteroatoms. The van der Waals surface area contributed by atoms with Gasteiger partial charge in [0.15, 0.2) is 0 Å². The van der Waals surface area contributed by atoms with E-state index >= 15 is 0 Å². The number of ether oxygens (including phenoxy) is 3. The van der Waals surface area contributed by atoms with Gasteiger partial charge in [-0.15, -0.1) is 0 Å². The molecule has 0 aromatic rings. The summed E-state index contributed by atoms with van der Waals surface area (Å²) in [5, 5.41) is 10.3. The Hall–Kier alpha value is -3.11. The second-order valence-corrected chi connectivity index (χ2v) is 6.01. The number of aliphatic hydroxyl groups excluding tert-OH is 1. The van der Waals surface area contributed by atoms with Gasteiger partial charge in [0.2, 0.25) is 0 Å². The third-order valence-corrected chi connectivity index (χ3v) is 2.97. The minimum absolute atomic E-state index is 0.0978. The van der Waals surface area contributed by atoms with Gasteiger partial charge in [0.05, 0.1) is 12.4 Å². The molecule has 152 valence electrons. The van der Waals surface area contributed by atoms with Gasteiger partial charge in [-0.1, -0.05) is 24.0 Å². The molecule has 28 heavy (non-hydrogen) atoms. The standard InChI is InChI=1S/C21H26O7/c1-14(2)8-7-9-15(3)20(25)12-21(28-18(6)24)19(13-27-17(5)23)10-11-26-16(4)22/h8,10-11,13,20-21,25H,3,12H2,1-2,4-6H3/b11-10+,19-13-/t20-,21+/m1/s1. The molecule has 0 aliphatic heterocycles. The molecule has 0 bridgehead atoms. The minimum atomic E-state index is -1.12. The van der Waals surface area contributed by atoms with E-state index < -0.39 is 30.1 Å². The molecular weight excluding hydrogens is 364 g/mol. The number of hydrogen-bond acceptors (Lipinski definition) is 7. The summed E-state index contributed by atoms with van der Waals surface area (Å²) >= 11 is 0. The summed E-state index contributed by atoms with van der Waals surface area (Å²) in [6.45, 7) is 11.1. The Kier molecular flexibility index (Phi) is 11.7. The number of hydrogen-bond donors (Lipinski definition) is 1. The Morgan fingerprint density at radius 2 is 1.64 bits per heavy atom. The van der Waals surface area contributed by atoms with Gasteiger partial charge in [-0.25, -0.2) is 0 Å². The zero-order valence-corrected chi connectivity index (χ0v) is 16.8. The number of aliphatic hydroxyl groups is 1. The first-order valence-corrected chi connectivity index (χ1v) is 8.43. The van der Waals surface area contributed by atoms with E-state index in [0.29, 0.717) is 0 Å². The molecule has 0 saturated carbocycles. The fraction of sp³-hybridized carbons (Fsp3) is 0.381. The topological polar surface area (TPSA) is 99.1 Å². The van der Waals surface area contributed by atoms with Gasteiger partial charge in [-0.2, -0.15) is 0 Å². The van der Waals surface area contributed by atoms with Gasteiger partial charge < -0.3 is 19.3 Å². The molecule has 0 aliphatic rings. The van der Waals surface area contributed by atoms with Gasteiger partial charge >= 0.3 is 17.9 Å². The van der Waals surface area contributed by atoms with Crippen LogP contribution < -0.4 is 0 Å². The van der Waals surface area contributed by atoms with Crippen LogP contribution in [0.2, 0.25) is 0 Å². The summed E-state index contributed by atoms with van der Waals surface area (Å²) in [6.07, 6.45) is 2.87. The lowest BCUT2D eigenvalue weighted by atomic mass is 10.00. The van der Waals surface area contributed by atoms with Gasteiger partial charge in [0.25, 0.3) is 0 Å². The molecule has 0 unspecified atom stereocenters. The van der Waals surface area contributed by atoms with Crippen molar-refractivity contribution in [2.24, 2.45) is 0 Å². The average Bonchev–Trinajstić information content (AvgIpc) is 2.55. The monoisotopic (exact) mass is 390 g/mol. The Labute approximate surface area is 165 Å². The number of allylic oxidation sites excluding steroid dienone is 2. The van der Waals surface area contributed by atoms with E-state index in [1.54, 1.807) is 6.08 Å². The van der Waals surface area contributed by atoms with Crippen molar-refractivity contribution < 1.29 is 33.7 Å². The maximum absolute atomic E-state index is 11.5. The van der Waals surface area contributed by atoms with E-state index in [2.05, 4.69) is 18.4 Å². The number of rotatable bonds is 8. The van der Waals surface area contributed by atoms with Crippen molar-refractivity contribution in [3.05, 3.63) is 48.0 Å². The first-order valence-electron chi connectivity index (χ1n) is 8.43. The van der Waals surface area contributed by atoms with Crippen molar-refractivity contribution in [3.63, 3.8) is 0 Å². The second-order valence-electron chi connectivity index (χ2n) is 6.01. The van der Waals surface area contributed by atoms with E-state index in [-0.39, 0.29) is 17.6 Å². The van der Waals surface area contributed by atoms with Crippen molar-refractivity contribution in [2.45, 2.75) is 53.2 Å².